The molecule has 3 rings (SSSR count). The van der Waals surface area contributed by atoms with Crippen molar-refractivity contribution in [2.24, 2.45) is 0 Å². The third-order valence-corrected chi connectivity index (χ3v) is 3.17. The highest BCUT2D eigenvalue weighted by molar-refractivity contribution is 5.60. The van der Waals surface area contributed by atoms with Crippen LogP contribution in [0.5, 0.6) is 0 Å². The van der Waals surface area contributed by atoms with E-state index in [-0.39, 0.29) is 12.4 Å². The summed E-state index contributed by atoms with van der Waals surface area (Å²) in [5.41, 5.74) is 0.876. The SMILES string of the molecule is OCCOCCNc1ccc2nnc(-c3ccccc3F)n2n1. The quantitative estimate of drug-likeness (QED) is 0.640. The number of anilines is 1. The molecule has 3 aromatic rings. The molecule has 0 aliphatic rings. The van der Waals surface area contributed by atoms with E-state index in [0.717, 1.165) is 0 Å². The largest absolute Gasteiger partial charge is 0.394 e. The molecule has 0 fully saturated rings. The molecule has 0 atom stereocenters. The van der Waals surface area contributed by atoms with Gasteiger partial charge in [-0.05, 0) is 24.3 Å². The van der Waals surface area contributed by atoms with Gasteiger partial charge in [0.15, 0.2) is 11.5 Å². The predicted molar refractivity (Wildman–Crippen MR) is 82.6 cm³/mol. The molecule has 0 aliphatic heterocycles. The highest BCUT2D eigenvalue weighted by Gasteiger charge is 2.13. The van der Waals surface area contributed by atoms with Gasteiger partial charge >= 0.3 is 0 Å². The summed E-state index contributed by atoms with van der Waals surface area (Å²) >= 11 is 0. The van der Waals surface area contributed by atoms with Crippen molar-refractivity contribution in [3.05, 3.63) is 42.2 Å². The second kappa shape index (κ2) is 7.12. The Labute approximate surface area is 131 Å². The molecular formula is C15H16FN5O2. The van der Waals surface area contributed by atoms with Gasteiger partial charge in [-0.2, -0.15) is 4.52 Å². The Morgan fingerprint density at radius 1 is 1.13 bits per heavy atom. The maximum absolute atomic E-state index is 13.9. The van der Waals surface area contributed by atoms with Gasteiger partial charge in [-0.25, -0.2) is 4.39 Å². The number of aliphatic hydroxyl groups is 1. The highest BCUT2D eigenvalue weighted by atomic mass is 19.1. The Bertz CT molecular complexity index is 792. The number of nitrogens with one attached hydrogen (secondary N) is 1. The number of rotatable bonds is 7. The maximum atomic E-state index is 13.9. The molecule has 1 aromatic carbocycles. The maximum Gasteiger partial charge on any atom is 0.188 e. The molecule has 0 saturated carbocycles. The lowest BCUT2D eigenvalue weighted by Crippen LogP contribution is -2.13. The lowest BCUT2D eigenvalue weighted by atomic mass is 10.2. The minimum Gasteiger partial charge on any atom is -0.394 e. The van der Waals surface area contributed by atoms with Crippen molar-refractivity contribution >= 4 is 11.5 Å². The van der Waals surface area contributed by atoms with Crippen molar-refractivity contribution < 1.29 is 14.2 Å². The number of hydrogen-bond acceptors (Lipinski definition) is 6. The van der Waals surface area contributed by atoms with Gasteiger partial charge in [0.25, 0.3) is 0 Å². The molecule has 0 saturated heterocycles. The zero-order valence-corrected chi connectivity index (χ0v) is 12.3. The van der Waals surface area contributed by atoms with E-state index in [1.807, 2.05) is 0 Å². The van der Waals surface area contributed by atoms with Crippen LogP contribution < -0.4 is 5.32 Å². The van der Waals surface area contributed by atoms with Crippen molar-refractivity contribution in [3.63, 3.8) is 0 Å². The van der Waals surface area contributed by atoms with Crippen molar-refractivity contribution in [3.8, 4) is 11.4 Å². The first-order valence-corrected chi connectivity index (χ1v) is 7.19. The van der Waals surface area contributed by atoms with Gasteiger partial charge in [-0.1, -0.05) is 12.1 Å². The summed E-state index contributed by atoms with van der Waals surface area (Å²) < 4.78 is 20.6. The fourth-order valence-corrected chi connectivity index (χ4v) is 2.11. The molecule has 120 valence electrons. The summed E-state index contributed by atoms with van der Waals surface area (Å²) in [7, 11) is 0. The summed E-state index contributed by atoms with van der Waals surface area (Å²) in [6, 6.07) is 9.88. The Balaban J connectivity index is 1.82. The molecule has 0 radical (unpaired) electrons. The normalized spacial score (nSPS) is 11.0. The minimum absolute atomic E-state index is 0.00306. The van der Waals surface area contributed by atoms with Crippen LogP contribution in [0, 0.1) is 5.82 Å². The smallest absolute Gasteiger partial charge is 0.188 e. The second-order valence-corrected chi connectivity index (χ2v) is 4.75. The molecule has 23 heavy (non-hydrogen) atoms. The topological polar surface area (TPSA) is 84.6 Å². The van der Waals surface area contributed by atoms with Crippen molar-refractivity contribution in [2.75, 3.05) is 31.7 Å². The van der Waals surface area contributed by atoms with E-state index in [1.165, 1.54) is 10.6 Å². The number of nitrogens with zero attached hydrogens (tertiary/aromatic N) is 4. The summed E-state index contributed by atoms with van der Waals surface area (Å²) in [6.45, 7) is 1.28. The minimum atomic E-state index is -0.376. The first-order chi connectivity index (χ1) is 11.3. The number of aliphatic hydroxyl groups excluding tert-OH is 1. The van der Waals surface area contributed by atoms with Crippen LogP contribution in [0.4, 0.5) is 10.2 Å². The van der Waals surface area contributed by atoms with E-state index in [2.05, 4.69) is 20.6 Å². The van der Waals surface area contributed by atoms with Gasteiger partial charge in [0.1, 0.15) is 11.6 Å². The first kappa shape index (κ1) is 15.3. The van der Waals surface area contributed by atoms with Crippen LogP contribution in [0.3, 0.4) is 0 Å². The van der Waals surface area contributed by atoms with Crippen molar-refractivity contribution in [1.82, 2.24) is 19.8 Å². The van der Waals surface area contributed by atoms with Crippen LogP contribution >= 0.6 is 0 Å². The van der Waals surface area contributed by atoms with E-state index in [9.17, 15) is 4.39 Å². The van der Waals surface area contributed by atoms with Crippen LogP contribution in [0.15, 0.2) is 36.4 Å². The predicted octanol–water partition coefficient (Wildman–Crippen LogP) is 1.35. The first-order valence-electron chi connectivity index (χ1n) is 7.19. The molecule has 7 nitrogen and oxygen atoms in total. The van der Waals surface area contributed by atoms with Gasteiger partial charge in [0, 0.05) is 6.54 Å². The van der Waals surface area contributed by atoms with E-state index < -0.39 is 0 Å². The van der Waals surface area contributed by atoms with Gasteiger partial charge in [0.2, 0.25) is 0 Å². The summed E-state index contributed by atoms with van der Waals surface area (Å²) in [5, 5.41) is 24.1. The molecule has 2 N–H and O–H groups in total. The third kappa shape index (κ3) is 3.43. The highest BCUT2D eigenvalue weighted by Crippen LogP contribution is 2.21. The fourth-order valence-electron chi connectivity index (χ4n) is 2.11. The molecule has 0 bridgehead atoms. The van der Waals surface area contributed by atoms with Crippen LogP contribution in [0.1, 0.15) is 0 Å². The fraction of sp³-hybridized carbons (Fsp3) is 0.267. The van der Waals surface area contributed by atoms with Crippen LogP contribution in [0.25, 0.3) is 17.0 Å². The monoisotopic (exact) mass is 317 g/mol. The number of hydrogen-bond donors (Lipinski definition) is 2. The van der Waals surface area contributed by atoms with Gasteiger partial charge in [-0.3, -0.25) is 0 Å². The lowest BCUT2D eigenvalue weighted by Gasteiger charge is -2.07. The van der Waals surface area contributed by atoms with Gasteiger partial charge in [0.05, 0.1) is 25.4 Å². The molecule has 2 heterocycles. The molecule has 8 heteroatoms. The molecule has 0 spiro atoms. The average Bonchev–Trinajstić information content (AvgIpc) is 2.98. The molecule has 0 amide bonds. The average molecular weight is 317 g/mol. The Kier molecular flexibility index (Phi) is 4.74. The van der Waals surface area contributed by atoms with Crippen LogP contribution in [-0.2, 0) is 4.74 Å². The Hall–Kier alpha value is -2.58. The van der Waals surface area contributed by atoms with E-state index in [4.69, 9.17) is 9.84 Å². The Morgan fingerprint density at radius 2 is 2.00 bits per heavy atom. The van der Waals surface area contributed by atoms with Crippen LogP contribution in [0.2, 0.25) is 0 Å². The molecular weight excluding hydrogens is 301 g/mol. The molecule has 0 unspecified atom stereocenters. The Morgan fingerprint density at radius 3 is 2.83 bits per heavy atom. The summed E-state index contributed by atoms with van der Waals surface area (Å²) in [4.78, 5) is 0. The van der Waals surface area contributed by atoms with Gasteiger partial charge in [-0.15, -0.1) is 15.3 Å². The van der Waals surface area contributed by atoms with Crippen molar-refractivity contribution in [2.45, 2.75) is 0 Å². The molecule has 2 aromatic heterocycles. The van der Waals surface area contributed by atoms with Crippen LogP contribution in [-0.4, -0.2) is 51.3 Å². The van der Waals surface area contributed by atoms with Crippen molar-refractivity contribution in [1.29, 1.82) is 0 Å². The summed E-state index contributed by atoms with van der Waals surface area (Å²) in [6.07, 6.45) is 0. The third-order valence-electron chi connectivity index (χ3n) is 3.17. The van der Waals surface area contributed by atoms with E-state index in [0.29, 0.717) is 42.6 Å². The van der Waals surface area contributed by atoms with E-state index >= 15 is 0 Å². The number of halogens is 1. The summed E-state index contributed by atoms with van der Waals surface area (Å²) in [5.74, 6) is 0.570. The lowest BCUT2D eigenvalue weighted by molar-refractivity contribution is 0.0992. The number of ether oxygens (including phenoxy) is 1. The zero-order valence-electron chi connectivity index (χ0n) is 12.3. The number of aromatic nitrogens is 4. The standard InChI is InChI=1S/C15H16FN5O2/c16-12-4-2-1-3-11(12)15-19-18-14-6-5-13(20-21(14)15)17-7-9-23-10-8-22/h1-6,22H,7-10H2,(H,17,20). The zero-order chi connectivity index (χ0) is 16.1. The number of benzene rings is 1. The number of fused-ring (bicyclic) bond motifs is 1. The van der Waals surface area contributed by atoms with E-state index in [1.54, 1.807) is 30.3 Å². The molecule has 0 aliphatic carbocycles. The van der Waals surface area contributed by atoms with Gasteiger partial charge < -0.3 is 15.2 Å². The second-order valence-electron chi connectivity index (χ2n) is 4.75.